The van der Waals surface area contributed by atoms with Gasteiger partial charge in [-0.25, -0.2) is 0 Å². The second-order valence-electron chi connectivity index (χ2n) is 6.75. The number of carbonyl (C=O) groups excluding carboxylic acids is 2. The summed E-state index contributed by atoms with van der Waals surface area (Å²) in [6, 6.07) is 1.68. The van der Waals surface area contributed by atoms with Gasteiger partial charge in [0.1, 0.15) is 6.26 Å². The molecular weight excluding hydrogens is 308 g/mol. The minimum Gasteiger partial charge on any atom is -0.472 e. The van der Waals surface area contributed by atoms with E-state index >= 15 is 0 Å². The van der Waals surface area contributed by atoms with E-state index in [0.717, 1.165) is 6.54 Å². The van der Waals surface area contributed by atoms with Crippen molar-refractivity contribution >= 4 is 11.8 Å². The number of nitrogens with zero attached hydrogens (tertiary/aromatic N) is 2. The van der Waals surface area contributed by atoms with Crippen LogP contribution in [0.3, 0.4) is 0 Å². The molecule has 2 amide bonds. The van der Waals surface area contributed by atoms with Crippen LogP contribution in [0.2, 0.25) is 0 Å². The Morgan fingerprint density at radius 3 is 2.62 bits per heavy atom. The number of furan rings is 1. The van der Waals surface area contributed by atoms with Gasteiger partial charge in [0, 0.05) is 39.2 Å². The lowest BCUT2D eigenvalue weighted by Gasteiger charge is -2.34. The Morgan fingerprint density at radius 2 is 2.08 bits per heavy atom. The van der Waals surface area contributed by atoms with Crippen LogP contribution in [0.15, 0.2) is 23.0 Å². The Balaban J connectivity index is 1.89. The van der Waals surface area contributed by atoms with Gasteiger partial charge in [-0.05, 0) is 24.8 Å². The molecule has 0 bridgehead atoms. The normalized spacial score (nSPS) is 15.8. The van der Waals surface area contributed by atoms with Crippen LogP contribution in [-0.2, 0) is 9.53 Å². The van der Waals surface area contributed by atoms with Crippen LogP contribution in [0.4, 0.5) is 0 Å². The average molecular weight is 336 g/mol. The van der Waals surface area contributed by atoms with Crippen molar-refractivity contribution in [1.29, 1.82) is 0 Å². The molecule has 0 spiro atoms. The van der Waals surface area contributed by atoms with Crippen molar-refractivity contribution in [3.8, 4) is 0 Å². The van der Waals surface area contributed by atoms with E-state index in [9.17, 15) is 9.59 Å². The highest BCUT2D eigenvalue weighted by Crippen LogP contribution is 2.22. The fourth-order valence-electron chi connectivity index (χ4n) is 3.09. The van der Waals surface area contributed by atoms with Crippen molar-refractivity contribution in [2.75, 3.05) is 39.9 Å². The van der Waals surface area contributed by atoms with E-state index < -0.39 is 0 Å². The number of ether oxygens (including phenoxy) is 1. The summed E-state index contributed by atoms with van der Waals surface area (Å²) in [7, 11) is 1.65. The maximum atomic E-state index is 12.8. The molecule has 1 aromatic heterocycles. The van der Waals surface area contributed by atoms with Crippen LogP contribution in [0, 0.1) is 11.8 Å². The first kappa shape index (κ1) is 18.5. The molecular formula is C18H28N2O4. The van der Waals surface area contributed by atoms with Crippen molar-refractivity contribution in [1.82, 2.24) is 9.80 Å². The molecule has 0 saturated carbocycles. The van der Waals surface area contributed by atoms with E-state index in [4.69, 9.17) is 9.15 Å². The summed E-state index contributed by atoms with van der Waals surface area (Å²) in [6.45, 7) is 7.37. The summed E-state index contributed by atoms with van der Waals surface area (Å²) in [5, 5.41) is 0. The average Bonchev–Trinajstić information content (AvgIpc) is 3.11. The smallest absolute Gasteiger partial charge is 0.257 e. The van der Waals surface area contributed by atoms with Crippen molar-refractivity contribution in [2.24, 2.45) is 11.8 Å². The molecule has 1 fully saturated rings. The van der Waals surface area contributed by atoms with Crippen LogP contribution >= 0.6 is 0 Å². The van der Waals surface area contributed by atoms with E-state index in [1.807, 2.05) is 4.90 Å². The third-order valence-corrected chi connectivity index (χ3v) is 4.36. The first-order chi connectivity index (χ1) is 11.5. The summed E-state index contributed by atoms with van der Waals surface area (Å²) < 4.78 is 10.1. The third-order valence-electron chi connectivity index (χ3n) is 4.36. The van der Waals surface area contributed by atoms with Gasteiger partial charge in [0.05, 0.1) is 18.4 Å². The monoisotopic (exact) mass is 336 g/mol. The molecule has 0 radical (unpaired) electrons. The van der Waals surface area contributed by atoms with Gasteiger partial charge in [-0.3, -0.25) is 9.59 Å². The summed E-state index contributed by atoms with van der Waals surface area (Å²) in [5.74, 6) is 0.590. The van der Waals surface area contributed by atoms with Crippen LogP contribution < -0.4 is 0 Å². The van der Waals surface area contributed by atoms with Gasteiger partial charge in [0.25, 0.3) is 5.91 Å². The lowest BCUT2D eigenvalue weighted by atomic mass is 9.94. The van der Waals surface area contributed by atoms with Gasteiger partial charge in [-0.1, -0.05) is 13.8 Å². The summed E-state index contributed by atoms with van der Waals surface area (Å²) in [4.78, 5) is 28.8. The van der Waals surface area contributed by atoms with Gasteiger partial charge in [0.15, 0.2) is 0 Å². The topological polar surface area (TPSA) is 63.0 Å². The zero-order valence-electron chi connectivity index (χ0n) is 14.9. The molecule has 1 saturated heterocycles. The standard InChI is InChI=1S/C18H28N2O4/c1-14(2)12-20(9-11-23-3)17(21)15-4-7-19(8-5-15)18(22)16-6-10-24-13-16/h6,10,13-15H,4-5,7-9,11-12H2,1-3H3. The van der Waals surface area contributed by atoms with E-state index in [0.29, 0.717) is 50.6 Å². The van der Waals surface area contributed by atoms with E-state index in [1.165, 1.54) is 12.5 Å². The second kappa shape index (κ2) is 8.87. The Morgan fingerprint density at radius 1 is 1.38 bits per heavy atom. The van der Waals surface area contributed by atoms with Crippen molar-refractivity contribution < 1.29 is 18.7 Å². The molecule has 1 aliphatic rings. The van der Waals surface area contributed by atoms with E-state index in [1.54, 1.807) is 18.1 Å². The Kier molecular flexibility index (Phi) is 6.85. The number of rotatable bonds is 7. The van der Waals surface area contributed by atoms with Crippen molar-refractivity contribution in [3.63, 3.8) is 0 Å². The van der Waals surface area contributed by atoms with Gasteiger partial charge in [-0.15, -0.1) is 0 Å². The molecule has 0 atom stereocenters. The fraction of sp³-hybridized carbons (Fsp3) is 0.667. The maximum absolute atomic E-state index is 12.8. The van der Waals surface area contributed by atoms with Gasteiger partial charge in [0.2, 0.25) is 5.91 Å². The fourth-order valence-corrected chi connectivity index (χ4v) is 3.09. The summed E-state index contributed by atoms with van der Waals surface area (Å²) in [6.07, 6.45) is 4.39. The minimum atomic E-state index is -0.0203. The van der Waals surface area contributed by atoms with Crippen LogP contribution in [0.1, 0.15) is 37.0 Å². The molecule has 6 heteroatoms. The van der Waals surface area contributed by atoms with Gasteiger partial charge in [-0.2, -0.15) is 0 Å². The van der Waals surface area contributed by atoms with Crippen molar-refractivity contribution in [3.05, 3.63) is 24.2 Å². The predicted molar refractivity (Wildman–Crippen MR) is 90.6 cm³/mol. The Hall–Kier alpha value is -1.82. The summed E-state index contributed by atoms with van der Waals surface area (Å²) >= 11 is 0. The largest absolute Gasteiger partial charge is 0.472 e. The highest BCUT2D eigenvalue weighted by molar-refractivity contribution is 5.94. The zero-order valence-corrected chi connectivity index (χ0v) is 14.9. The molecule has 2 heterocycles. The number of hydrogen-bond acceptors (Lipinski definition) is 4. The van der Waals surface area contributed by atoms with Crippen molar-refractivity contribution in [2.45, 2.75) is 26.7 Å². The van der Waals surface area contributed by atoms with Crippen LogP contribution in [-0.4, -0.2) is 61.5 Å². The van der Waals surface area contributed by atoms with Crippen LogP contribution in [0.5, 0.6) is 0 Å². The number of methoxy groups -OCH3 is 1. The molecule has 0 aliphatic carbocycles. The molecule has 134 valence electrons. The first-order valence-corrected chi connectivity index (χ1v) is 8.62. The molecule has 0 aromatic carbocycles. The molecule has 24 heavy (non-hydrogen) atoms. The number of amides is 2. The molecule has 1 aliphatic heterocycles. The number of hydrogen-bond donors (Lipinski definition) is 0. The summed E-state index contributed by atoms with van der Waals surface area (Å²) in [5.41, 5.74) is 0.571. The SMILES string of the molecule is COCCN(CC(C)C)C(=O)C1CCN(C(=O)c2ccoc2)CC1. The van der Waals surface area contributed by atoms with Crippen LogP contribution in [0.25, 0.3) is 0 Å². The highest BCUT2D eigenvalue weighted by atomic mass is 16.5. The number of likely N-dealkylation sites (tertiary alicyclic amines) is 1. The lowest BCUT2D eigenvalue weighted by molar-refractivity contribution is -0.138. The lowest BCUT2D eigenvalue weighted by Crippen LogP contribution is -2.46. The molecule has 0 N–H and O–H groups in total. The van der Waals surface area contributed by atoms with Gasteiger partial charge >= 0.3 is 0 Å². The highest BCUT2D eigenvalue weighted by Gasteiger charge is 2.30. The molecule has 1 aromatic rings. The molecule has 0 unspecified atom stereocenters. The first-order valence-electron chi connectivity index (χ1n) is 8.62. The maximum Gasteiger partial charge on any atom is 0.257 e. The molecule has 6 nitrogen and oxygen atoms in total. The number of piperidine rings is 1. The minimum absolute atomic E-state index is 0.00555. The predicted octanol–water partition coefficient (Wildman–Crippen LogP) is 2.26. The Labute approximate surface area is 143 Å². The quantitative estimate of drug-likeness (QED) is 0.766. The van der Waals surface area contributed by atoms with E-state index in [-0.39, 0.29) is 17.7 Å². The second-order valence-corrected chi connectivity index (χ2v) is 6.75. The zero-order chi connectivity index (χ0) is 17.5. The van der Waals surface area contributed by atoms with E-state index in [2.05, 4.69) is 13.8 Å². The third kappa shape index (κ3) is 4.84. The molecule has 2 rings (SSSR count). The number of carbonyl (C=O) groups is 2. The Bertz CT molecular complexity index is 519. The van der Waals surface area contributed by atoms with Gasteiger partial charge < -0.3 is 19.0 Å².